The summed E-state index contributed by atoms with van der Waals surface area (Å²) in [6, 6.07) is 6.32. The number of benzene rings is 1. The Labute approximate surface area is 117 Å². The van der Waals surface area contributed by atoms with Crippen LogP contribution in [0.2, 0.25) is 0 Å². The highest BCUT2D eigenvalue weighted by Gasteiger charge is 2.12. The van der Waals surface area contributed by atoms with Gasteiger partial charge in [0.2, 0.25) is 5.88 Å². The molecule has 19 heavy (non-hydrogen) atoms. The second-order valence-electron chi connectivity index (χ2n) is 4.02. The van der Waals surface area contributed by atoms with E-state index in [0.29, 0.717) is 5.52 Å². The number of rotatable bonds is 2. The Balaban J connectivity index is 2.08. The van der Waals surface area contributed by atoms with Crippen LogP contribution in [0, 0.1) is 5.82 Å². The molecule has 0 N–H and O–H groups in total. The van der Waals surface area contributed by atoms with E-state index in [9.17, 15) is 4.39 Å². The molecule has 2 aromatic heterocycles. The predicted octanol–water partition coefficient (Wildman–Crippen LogP) is 3.66. The number of aryl methyl sites for hydroxylation is 1. The molecular weight excluding hydrogens is 313 g/mol. The van der Waals surface area contributed by atoms with Gasteiger partial charge in [-0.3, -0.25) is 0 Å². The Kier molecular flexibility index (Phi) is 2.94. The molecule has 1 aromatic carbocycles. The molecule has 0 bridgehead atoms. The van der Waals surface area contributed by atoms with Gasteiger partial charge in [-0.1, -0.05) is 15.9 Å². The minimum absolute atomic E-state index is 0.111. The molecular formula is C13H9BrFN3O. The molecule has 2 heterocycles. The molecule has 96 valence electrons. The fourth-order valence-electron chi connectivity index (χ4n) is 1.77. The maximum Gasteiger partial charge on any atom is 0.247 e. The van der Waals surface area contributed by atoms with Crippen molar-refractivity contribution in [1.82, 2.24) is 14.5 Å². The number of aromatic nitrogens is 3. The lowest BCUT2D eigenvalue weighted by atomic mass is 10.3. The maximum atomic E-state index is 13.7. The number of fused-ring (bicyclic) bond motifs is 1. The smallest absolute Gasteiger partial charge is 0.247 e. The van der Waals surface area contributed by atoms with Crippen molar-refractivity contribution in [3.63, 3.8) is 0 Å². The van der Waals surface area contributed by atoms with Crippen LogP contribution in [0.3, 0.4) is 0 Å². The summed E-state index contributed by atoms with van der Waals surface area (Å²) < 4.78 is 21.8. The minimum atomic E-state index is -0.446. The van der Waals surface area contributed by atoms with Gasteiger partial charge in [0.1, 0.15) is 0 Å². The topological polar surface area (TPSA) is 39.9 Å². The molecule has 4 nitrogen and oxygen atoms in total. The summed E-state index contributed by atoms with van der Waals surface area (Å²) in [5, 5.41) is 0. The van der Waals surface area contributed by atoms with Crippen LogP contribution in [0.4, 0.5) is 4.39 Å². The van der Waals surface area contributed by atoms with Gasteiger partial charge >= 0.3 is 0 Å². The van der Waals surface area contributed by atoms with Crippen LogP contribution in [0.15, 0.2) is 41.3 Å². The van der Waals surface area contributed by atoms with Crippen LogP contribution >= 0.6 is 15.9 Å². The van der Waals surface area contributed by atoms with E-state index in [1.165, 1.54) is 6.07 Å². The van der Waals surface area contributed by atoms with Crippen molar-refractivity contribution >= 4 is 27.0 Å². The average Bonchev–Trinajstić information content (AvgIpc) is 2.77. The summed E-state index contributed by atoms with van der Waals surface area (Å²) in [6.07, 6.45) is 3.27. The molecule has 0 amide bonds. The fourth-order valence-corrected chi connectivity index (χ4v) is 2.11. The van der Waals surface area contributed by atoms with Gasteiger partial charge in [0, 0.05) is 17.7 Å². The number of halogens is 2. The second-order valence-corrected chi connectivity index (χ2v) is 4.93. The second kappa shape index (κ2) is 4.62. The van der Waals surface area contributed by atoms with Gasteiger partial charge in [0.25, 0.3) is 0 Å². The lowest BCUT2D eigenvalue weighted by Gasteiger charge is -2.06. The molecule has 3 rings (SSSR count). The standard InChI is InChI=1S/C13H9BrFN3O/c1-18-7-17-12-10(18)4-5-16-13(12)19-11-6-8(14)2-3-9(11)15/h2-7H,1H3. The largest absolute Gasteiger partial charge is 0.434 e. The number of nitrogens with zero attached hydrogens (tertiary/aromatic N) is 3. The van der Waals surface area contributed by atoms with E-state index in [0.717, 1.165) is 9.99 Å². The Morgan fingerprint density at radius 1 is 1.26 bits per heavy atom. The van der Waals surface area contributed by atoms with Gasteiger partial charge in [0.15, 0.2) is 17.1 Å². The SMILES string of the molecule is Cn1cnc2c(Oc3cc(Br)ccc3F)nccc21. The van der Waals surface area contributed by atoms with Crippen molar-refractivity contribution in [1.29, 1.82) is 0 Å². The molecule has 0 aliphatic carbocycles. The molecule has 0 saturated carbocycles. The first-order valence-electron chi connectivity index (χ1n) is 5.54. The highest BCUT2D eigenvalue weighted by molar-refractivity contribution is 9.10. The van der Waals surface area contributed by atoms with E-state index in [1.54, 1.807) is 24.7 Å². The van der Waals surface area contributed by atoms with E-state index in [1.807, 2.05) is 17.7 Å². The Bertz CT molecular complexity index is 757. The highest BCUT2D eigenvalue weighted by atomic mass is 79.9. The molecule has 3 aromatic rings. The van der Waals surface area contributed by atoms with Crippen molar-refractivity contribution in [3.05, 3.63) is 47.1 Å². The van der Waals surface area contributed by atoms with E-state index in [2.05, 4.69) is 25.9 Å². The van der Waals surface area contributed by atoms with E-state index < -0.39 is 5.82 Å². The van der Waals surface area contributed by atoms with Crippen molar-refractivity contribution in [2.45, 2.75) is 0 Å². The fraction of sp³-hybridized carbons (Fsp3) is 0.0769. The quantitative estimate of drug-likeness (QED) is 0.723. The van der Waals surface area contributed by atoms with Crippen LogP contribution in [-0.2, 0) is 7.05 Å². The third kappa shape index (κ3) is 2.19. The molecule has 0 aliphatic heterocycles. The molecule has 0 fully saturated rings. The zero-order valence-corrected chi connectivity index (χ0v) is 11.6. The minimum Gasteiger partial charge on any atom is -0.434 e. The number of ether oxygens (including phenoxy) is 1. The van der Waals surface area contributed by atoms with Gasteiger partial charge in [0.05, 0.1) is 11.8 Å². The first-order chi connectivity index (χ1) is 9.15. The molecule has 0 radical (unpaired) electrons. The molecule has 0 aliphatic rings. The lowest BCUT2D eigenvalue weighted by molar-refractivity contribution is 0.431. The zero-order chi connectivity index (χ0) is 13.4. The summed E-state index contributed by atoms with van der Waals surface area (Å²) in [5.41, 5.74) is 1.48. The Morgan fingerprint density at radius 3 is 2.95 bits per heavy atom. The van der Waals surface area contributed by atoms with E-state index in [-0.39, 0.29) is 11.6 Å². The number of imidazole rings is 1. The summed E-state index contributed by atoms with van der Waals surface area (Å²) in [5.74, 6) is -0.0481. The predicted molar refractivity (Wildman–Crippen MR) is 72.7 cm³/mol. The monoisotopic (exact) mass is 321 g/mol. The zero-order valence-electron chi connectivity index (χ0n) is 9.97. The normalized spacial score (nSPS) is 10.9. The highest BCUT2D eigenvalue weighted by Crippen LogP contribution is 2.29. The Morgan fingerprint density at radius 2 is 2.11 bits per heavy atom. The maximum absolute atomic E-state index is 13.7. The van der Waals surface area contributed by atoms with Crippen LogP contribution in [0.25, 0.3) is 11.0 Å². The number of pyridine rings is 1. The van der Waals surface area contributed by atoms with Crippen LogP contribution in [0.5, 0.6) is 11.6 Å². The summed E-state index contributed by atoms with van der Waals surface area (Å²) in [6.45, 7) is 0. The third-order valence-electron chi connectivity index (χ3n) is 2.71. The molecule has 0 atom stereocenters. The van der Waals surface area contributed by atoms with Gasteiger partial charge in [-0.2, -0.15) is 0 Å². The van der Waals surface area contributed by atoms with Gasteiger partial charge in [-0.05, 0) is 24.3 Å². The number of hydrogen-bond donors (Lipinski definition) is 0. The Hall–Kier alpha value is -1.95. The van der Waals surface area contributed by atoms with E-state index >= 15 is 0 Å². The van der Waals surface area contributed by atoms with Crippen molar-refractivity contribution in [3.8, 4) is 11.6 Å². The first-order valence-corrected chi connectivity index (χ1v) is 6.33. The third-order valence-corrected chi connectivity index (χ3v) is 3.20. The van der Waals surface area contributed by atoms with Gasteiger partial charge in [-0.25, -0.2) is 14.4 Å². The molecule has 0 unspecified atom stereocenters. The molecule has 6 heteroatoms. The molecule has 0 spiro atoms. The first kappa shape index (κ1) is 12.1. The van der Waals surface area contributed by atoms with Gasteiger partial charge < -0.3 is 9.30 Å². The summed E-state index contributed by atoms with van der Waals surface area (Å²) in [4.78, 5) is 8.31. The van der Waals surface area contributed by atoms with Crippen LogP contribution < -0.4 is 4.74 Å². The van der Waals surface area contributed by atoms with Crippen LogP contribution in [0.1, 0.15) is 0 Å². The van der Waals surface area contributed by atoms with Crippen LogP contribution in [-0.4, -0.2) is 14.5 Å². The van der Waals surface area contributed by atoms with Crippen molar-refractivity contribution in [2.75, 3.05) is 0 Å². The van der Waals surface area contributed by atoms with Crippen molar-refractivity contribution < 1.29 is 9.13 Å². The lowest BCUT2D eigenvalue weighted by Crippen LogP contribution is -1.92. The number of hydrogen-bond acceptors (Lipinski definition) is 3. The van der Waals surface area contributed by atoms with Gasteiger partial charge in [-0.15, -0.1) is 0 Å². The van der Waals surface area contributed by atoms with Crippen molar-refractivity contribution in [2.24, 2.45) is 7.05 Å². The van der Waals surface area contributed by atoms with E-state index in [4.69, 9.17) is 4.74 Å². The summed E-state index contributed by atoms with van der Waals surface area (Å²) in [7, 11) is 1.87. The average molecular weight is 322 g/mol. The molecule has 0 saturated heterocycles. The summed E-state index contributed by atoms with van der Waals surface area (Å²) >= 11 is 3.28.